The molecule has 0 spiro atoms. The fourth-order valence-electron chi connectivity index (χ4n) is 2.43. The third kappa shape index (κ3) is 3.89. The van der Waals surface area contributed by atoms with Crippen LogP contribution in [0.5, 0.6) is 0 Å². The summed E-state index contributed by atoms with van der Waals surface area (Å²) in [6.07, 6.45) is -1.03. The summed E-state index contributed by atoms with van der Waals surface area (Å²) in [7, 11) is 0. The van der Waals surface area contributed by atoms with Crippen LogP contribution in [0.3, 0.4) is 0 Å². The standard InChI is InChI=1S/C16H13F2N3O2/c17-16(18)7-13(9-20)21(10-16)15(23)6-5-14(22)12-3-1-11(8-19)2-4-12/h1-4,13H,5-7,10H2/t13-/m0/s1. The third-order valence-electron chi connectivity index (χ3n) is 3.64. The number of carbonyl (C=O) groups excluding carboxylic acids is 2. The van der Waals surface area contributed by atoms with E-state index >= 15 is 0 Å². The first-order valence-electron chi connectivity index (χ1n) is 6.96. The van der Waals surface area contributed by atoms with Gasteiger partial charge in [-0.1, -0.05) is 12.1 Å². The van der Waals surface area contributed by atoms with Crippen molar-refractivity contribution in [3.05, 3.63) is 35.4 Å². The summed E-state index contributed by atoms with van der Waals surface area (Å²) in [5.41, 5.74) is 0.758. The zero-order valence-corrected chi connectivity index (χ0v) is 12.1. The van der Waals surface area contributed by atoms with Crippen LogP contribution in [0.4, 0.5) is 8.78 Å². The summed E-state index contributed by atoms with van der Waals surface area (Å²) in [5, 5.41) is 17.5. The Hall–Kier alpha value is -2.80. The number of alkyl halides is 2. The van der Waals surface area contributed by atoms with E-state index in [2.05, 4.69) is 0 Å². The highest BCUT2D eigenvalue weighted by molar-refractivity contribution is 5.98. The number of amides is 1. The molecule has 1 aliphatic rings. The summed E-state index contributed by atoms with van der Waals surface area (Å²) in [6, 6.07) is 8.40. The van der Waals surface area contributed by atoms with E-state index in [0.717, 1.165) is 4.90 Å². The zero-order valence-electron chi connectivity index (χ0n) is 12.1. The maximum atomic E-state index is 13.3. The van der Waals surface area contributed by atoms with Crippen molar-refractivity contribution in [1.29, 1.82) is 10.5 Å². The molecule has 7 heteroatoms. The largest absolute Gasteiger partial charge is 0.320 e. The molecule has 5 nitrogen and oxygen atoms in total. The van der Waals surface area contributed by atoms with Crippen molar-refractivity contribution in [2.24, 2.45) is 0 Å². The topological polar surface area (TPSA) is 85.0 Å². The van der Waals surface area contributed by atoms with Crippen molar-refractivity contribution in [3.63, 3.8) is 0 Å². The van der Waals surface area contributed by atoms with Crippen LogP contribution in [0.25, 0.3) is 0 Å². The molecule has 1 aliphatic heterocycles. The fraction of sp³-hybridized carbons (Fsp3) is 0.375. The predicted octanol–water partition coefficient (Wildman–Crippen LogP) is 2.28. The molecular weight excluding hydrogens is 304 g/mol. The highest BCUT2D eigenvalue weighted by Gasteiger charge is 2.46. The number of carbonyl (C=O) groups is 2. The van der Waals surface area contributed by atoms with Gasteiger partial charge in [0.25, 0.3) is 5.92 Å². The Bertz CT molecular complexity index is 702. The van der Waals surface area contributed by atoms with Gasteiger partial charge >= 0.3 is 0 Å². The molecule has 0 aromatic heterocycles. The van der Waals surface area contributed by atoms with E-state index in [1.807, 2.05) is 6.07 Å². The van der Waals surface area contributed by atoms with Crippen LogP contribution in [0.2, 0.25) is 0 Å². The normalized spacial score (nSPS) is 19.0. The van der Waals surface area contributed by atoms with Crippen molar-refractivity contribution >= 4 is 11.7 Å². The number of hydrogen-bond donors (Lipinski definition) is 0. The van der Waals surface area contributed by atoms with Gasteiger partial charge in [0.2, 0.25) is 5.91 Å². The minimum absolute atomic E-state index is 0.134. The number of benzene rings is 1. The number of halogens is 2. The molecule has 0 aliphatic carbocycles. The number of nitriles is 2. The SMILES string of the molecule is N#Cc1ccc(C(=O)CCC(=O)N2CC(F)(F)C[C@H]2C#N)cc1. The lowest BCUT2D eigenvalue weighted by Gasteiger charge is -2.18. The zero-order chi connectivity index (χ0) is 17.0. The van der Waals surface area contributed by atoms with Crippen molar-refractivity contribution < 1.29 is 18.4 Å². The lowest BCUT2D eigenvalue weighted by atomic mass is 10.0. The highest BCUT2D eigenvalue weighted by atomic mass is 19.3. The van der Waals surface area contributed by atoms with Gasteiger partial charge in [0.1, 0.15) is 6.04 Å². The van der Waals surface area contributed by atoms with Crippen molar-refractivity contribution in [2.45, 2.75) is 31.2 Å². The summed E-state index contributed by atoms with van der Waals surface area (Å²) in [6.45, 7) is -0.783. The Kier molecular flexibility index (Phi) is 4.71. The van der Waals surface area contributed by atoms with E-state index in [1.54, 1.807) is 6.07 Å². The van der Waals surface area contributed by atoms with Crippen LogP contribution in [0.1, 0.15) is 35.2 Å². The molecule has 1 aromatic carbocycles. The average Bonchev–Trinajstić information content (AvgIpc) is 2.87. The number of hydrogen-bond acceptors (Lipinski definition) is 4. The molecule has 1 saturated heterocycles. The van der Waals surface area contributed by atoms with E-state index in [1.165, 1.54) is 24.3 Å². The monoisotopic (exact) mass is 317 g/mol. The minimum Gasteiger partial charge on any atom is -0.320 e. The number of ketones is 1. The summed E-state index contributed by atoms with van der Waals surface area (Å²) in [5.74, 6) is -4.01. The summed E-state index contributed by atoms with van der Waals surface area (Å²) in [4.78, 5) is 24.8. The molecule has 0 bridgehead atoms. The average molecular weight is 317 g/mol. The molecular formula is C16H13F2N3O2. The molecule has 1 heterocycles. The summed E-state index contributed by atoms with van der Waals surface area (Å²) >= 11 is 0. The molecule has 0 unspecified atom stereocenters. The van der Waals surface area contributed by atoms with Crippen LogP contribution in [-0.4, -0.2) is 35.1 Å². The van der Waals surface area contributed by atoms with Crippen molar-refractivity contribution in [3.8, 4) is 12.1 Å². The second-order valence-electron chi connectivity index (χ2n) is 5.34. The number of Topliss-reactive ketones (excluding diaryl/α,β-unsaturated/α-hetero) is 1. The Balaban J connectivity index is 1.95. The second kappa shape index (κ2) is 6.53. The molecule has 0 saturated carbocycles. The predicted molar refractivity (Wildman–Crippen MR) is 75.4 cm³/mol. The minimum atomic E-state index is -3.06. The molecule has 23 heavy (non-hydrogen) atoms. The number of rotatable bonds is 4. The number of nitrogens with zero attached hydrogens (tertiary/aromatic N) is 3. The third-order valence-corrected chi connectivity index (χ3v) is 3.64. The van der Waals surface area contributed by atoms with E-state index in [0.29, 0.717) is 11.1 Å². The molecule has 0 radical (unpaired) electrons. The van der Waals surface area contributed by atoms with Gasteiger partial charge in [-0.15, -0.1) is 0 Å². The van der Waals surface area contributed by atoms with E-state index in [9.17, 15) is 18.4 Å². The van der Waals surface area contributed by atoms with Crippen molar-refractivity contribution in [1.82, 2.24) is 4.90 Å². The fourth-order valence-corrected chi connectivity index (χ4v) is 2.43. The van der Waals surface area contributed by atoms with E-state index < -0.39 is 30.8 Å². The summed E-state index contributed by atoms with van der Waals surface area (Å²) < 4.78 is 26.6. The van der Waals surface area contributed by atoms with Crippen molar-refractivity contribution in [2.75, 3.05) is 6.54 Å². The smallest absolute Gasteiger partial charge is 0.268 e. The maximum Gasteiger partial charge on any atom is 0.268 e. The van der Waals surface area contributed by atoms with Crippen LogP contribution in [0, 0.1) is 22.7 Å². The first kappa shape index (κ1) is 16.6. The molecule has 1 atom stereocenters. The first-order valence-corrected chi connectivity index (χ1v) is 6.96. The molecule has 1 aromatic rings. The van der Waals surface area contributed by atoms with Crippen LogP contribution in [0.15, 0.2) is 24.3 Å². The van der Waals surface area contributed by atoms with Gasteiger partial charge in [-0.2, -0.15) is 10.5 Å². The number of likely N-dealkylation sites (tertiary alicyclic amines) is 1. The van der Waals surface area contributed by atoms with Crippen LogP contribution in [-0.2, 0) is 4.79 Å². The van der Waals surface area contributed by atoms with Gasteiger partial charge in [0, 0.05) is 24.8 Å². The van der Waals surface area contributed by atoms with Crippen LogP contribution >= 0.6 is 0 Å². The second-order valence-corrected chi connectivity index (χ2v) is 5.34. The Labute approximate surface area is 131 Å². The Morgan fingerprint density at radius 3 is 2.43 bits per heavy atom. The van der Waals surface area contributed by atoms with Gasteiger partial charge in [-0.25, -0.2) is 8.78 Å². The van der Waals surface area contributed by atoms with Gasteiger partial charge in [0.05, 0.1) is 24.2 Å². The Morgan fingerprint density at radius 1 is 1.22 bits per heavy atom. The van der Waals surface area contributed by atoms with E-state index in [4.69, 9.17) is 10.5 Å². The maximum absolute atomic E-state index is 13.3. The first-order chi connectivity index (χ1) is 10.9. The lowest BCUT2D eigenvalue weighted by Crippen LogP contribution is -2.36. The van der Waals surface area contributed by atoms with E-state index in [-0.39, 0.29) is 18.6 Å². The lowest BCUT2D eigenvalue weighted by molar-refractivity contribution is -0.132. The van der Waals surface area contributed by atoms with Gasteiger partial charge in [-0.3, -0.25) is 9.59 Å². The van der Waals surface area contributed by atoms with Crippen LogP contribution < -0.4 is 0 Å². The molecule has 2 rings (SSSR count). The molecule has 118 valence electrons. The molecule has 0 N–H and O–H groups in total. The highest BCUT2D eigenvalue weighted by Crippen LogP contribution is 2.32. The molecule has 1 fully saturated rings. The van der Waals surface area contributed by atoms with Gasteiger partial charge in [0.15, 0.2) is 5.78 Å². The van der Waals surface area contributed by atoms with Gasteiger partial charge in [-0.05, 0) is 12.1 Å². The quantitative estimate of drug-likeness (QED) is 0.797. The Morgan fingerprint density at radius 2 is 1.87 bits per heavy atom. The van der Waals surface area contributed by atoms with Gasteiger partial charge < -0.3 is 4.90 Å². The molecule has 1 amide bonds.